The van der Waals surface area contributed by atoms with Gasteiger partial charge in [0.2, 0.25) is 0 Å². The molecule has 0 saturated heterocycles. The highest BCUT2D eigenvalue weighted by molar-refractivity contribution is 7.97. The second-order valence-corrected chi connectivity index (χ2v) is 6.75. The van der Waals surface area contributed by atoms with E-state index in [9.17, 15) is 10.1 Å². The number of pyridine rings is 1. The standard InChI is InChI=1S/C20H19N3O3S/c1-14(22-27-20-9-4-3-8-18(20)23(24)25)15-6-5-7-16(12-15)17-10-11-21-13-19(17)26-2/h3-14,22H,1-2H3. The molecule has 3 rings (SSSR count). The maximum Gasteiger partial charge on any atom is 0.284 e. The third-order valence-corrected chi connectivity index (χ3v) is 5.15. The fourth-order valence-corrected chi connectivity index (χ4v) is 3.50. The molecule has 1 unspecified atom stereocenters. The van der Waals surface area contributed by atoms with Gasteiger partial charge in [0.25, 0.3) is 5.69 Å². The second-order valence-electron chi connectivity index (χ2n) is 5.87. The molecule has 1 atom stereocenters. The topological polar surface area (TPSA) is 77.3 Å². The molecule has 3 aromatic rings. The Bertz CT molecular complexity index is 949. The number of nitro benzene ring substituents is 1. The molecule has 7 heteroatoms. The summed E-state index contributed by atoms with van der Waals surface area (Å²) >= 11 is 1.26. The number of nitro groups is 1. The quantitative estimate of drug-likeness (QED) is 0.352. The van der Waals surface area contributed by atoms with Crippen molar-refractivity contribution in [2.75, 3.05) is 7.11 Å². The van der Waals surface area contributed by atoms with Crippen LogP contribution < -0.4 is 9.46 Å². The van der Waals surface area contributed by atoms with E-state index >= 15 is 0 Å². The molecular formula is C20H19N3O3S. The van der Waals surface area contributed by atoms with E-state index in [1.807, 2.05) is 31.2 Å². The summed E-state index contributed by atoms with van der Waals surface area (Å²) in [7, 11) is 1.62. The van der Waals surface area contributed by atoms with E-state index in [1.165, 1.54) is 18.0 Å². The van der Waals surface area contributed by atoms with Crippen molar-refractivity contribution in [3.63, 3.8) is 0 Å². The first-order valence-corrected chi connectivity index (χ1v) is 9.16. The number of nitrogens with one attached hydrogen (secondary N) is 1. The number of hydrogen-bond acceptors (Lipinski definition) is 6. The van der Waals surface area contributed by atoms with Gasteiger partial charge in [0.1, 0.15) is 10.6 Å². The third-order valence-electron chi connectivity index (χ3n) is 4.11. The van der Waals surface area contributed by atoms with Crippen LogP contribution in [0.4, 0.5) is 5.69 Å². The summed E-state index contributed by atoms with van der Waals surface area (Å²) in [5.74, 6) is 0.713. The fraction of sp³-hybridized carbons (Fsp3) is 0.150. The molecule has 2 aromatic carbocycles. The maximum absolute atomic E-state index is 11.1. The first kappa shape index (κ1) is 18.9. The van der Waals surface area contributed by atoms with Crippen LogP contribution in [0.2, 0.25) is 0 Å². The Kier molecular flexibility index (Phi) is 6.05. The van der Waals surface area contributed by atoms with Crippen LogP contribution in [0.25, 0.3) is 11.1 Å². The molecule has 0 fully saturated rings. The van der Waals surface area contributed by atoms with Gasteiger partial charge in [0, 0.05) is 23.9 Å². The van der Waals surface area contributed by atoms with Crippen LogP contribution in [-0.4, -0.2) is 17.0 Å². The summed E-state index contributed by atoms with van der Waals surface area (Å²) in [6.07, 6.45) is 3.42. The number of nitrogens with zero attached hydrogens (tertiary/aromatic N) is 2. The van der Waals surface area contributed by atoms with E-state index in [2.05, 4.69) is 15.8 Å². The monoisotopic (exact) mass is 381 g/mol. The van der Waals surface area contributed by atoms with Crippen LogP contribution in [0.5, 0.6) is 5.75 Å². The summed E-state index contributed by atoms with van der Waals surface area (Å²) in [4.78, 5) is 15.4. The summed E-state index contributed by atoms with van der Waals surface area (Å²) in [5, 5.41) is 11.1. The van der Waals surface area contributed by atoms with Crippen LogP contribution in [-0.2, 0) is 0 Å². The van der Waals surface area contributed by atoms with E-state index in [0.29, 0.717) is 10.6 Å². The normalized spacial score (nSPS) is 11.8. The van der Waals surface area contributed by atoms with Crippen LogP contribution in [0.15, 0.2) is 71.9 Å². The molecule has 0 amide bonds. The van der Waals surface area contributed by atoms with Gasteiger partial charge in [0.15, 0.2) is 0 Å². The highest BCUT2D eigenvalue weighted by Crippen LogP contribution is 2.32. The Balaban J connectivity index is 1.78. The van der Waals surface area contributed by atoms with Crippen molar-refractivity contribution >= 4 is 17.6 Å². The number of methoxy groups -OCH3 is 1. The van der Waals surface area contributed by atoms with Crippen LogP contribution in [0.1, 0.15) is 18.5 Å². The van der Waals surface area contributed by atoms with E-state index in [0.717, 1.165) is 16.7 Å². The van der Waals surface area contributed by atoms with Gasteiger partial charge in [0.05, 0.1) is 18.2 Å². The lowest BCUT2D eigenvalue weighted by Gasteiger charge is -2.15. The van der Waals surface area contributed by atoms with Crippen molar-refractivity contribution in [1.82, 2.24) is 9.71 Å². The molecule has 0 radical (unpaired) electrons. The predicted molar refractivity (Wildman–Crippen MR) is 107 cm³/mol. The SMILES string of the molecule is COc1cnccc1-c1cccc(C(C)NSc2ccccc2[N+](=O)[O-])c1. The van der Waals surface area contributed by atoms with Crippen molar-refractivity contribution in [2.45, 2.75) is 17.9 Å². The molecule has 0 spiro atoms. The minimum Gasteiger partial charge on any atom is -0.494 e. The molecule has 6 nitrogen and oxygen atoms in total. The molecule has 27 heavy (non-hydrogen) atoms. The Morgan fingerprint density at radius 2 is 2.00 bits per heavy atom. The minimum absolute atomic E-state index is 0.0115. The highest BCUT2D eigenvalue weighted by atomic mass is 32.2. The lowest BCUT2D eigenvalue weighted by Crippen LogP contribution is -2.10. The van der Waals surface area contributed by atoms with Crippen molar-refractivity contribution in [3.8, 4) is 16.9 Å². The van der Waals surface area contributed by atoms with Crippen molar-refractivity contribution in [2.24, 2.45) is 0 Å². The van der Waals surface area contributed by atoms with E-state index in [4.69, 9.17) is 4.74 Å². The van der Waals surface area contributed by atoms with Crippen molar-refractivity contribution < 1.29 is 9.66 Å². The van der Waals surface area contributed by atoms with E-state index in [1.54, 1.807) is 37.7 Å². The van der Waals surface area contributed by atoms with Crippen LogP contribution in [0.3, 0.4) is 0 Å². The average Bonchev–Trinajstić information content (AvgIpc) is 2.72. The molecule has 0 saturated carbocycles. The Morgan fingerprint density at radius 3 is 2.78 bits per heavy atom. The smallest absolute Gasteiger partial charge is 0.284 e. The molecule has 138 valence electrons. The predicted octanol–water partition coefficient (Wildman–Crippen LogP) is 5.02. The number of benzene rings is 2. The summed E-state index contributed by atoms with van der Waals surface area (Å²) < 4.78 is 8.68. The number of ether oxygens (including phenoxy) is 1. The maximum atomic E-state index is 11.1. The Morgan fingerprint density at radius 1 is 1.19 bits per heavy atom. The zero-order valence-corrected chi connectivity index (χ0v) is 15.8. The molecule has 0 aliphatic heterocycles. The Hall–Kier alpha value is -2.90. The first-order chi connectivity index (χ1) is 13.1. The molecule has 0 aliphatic rings. The van der Waals surface area contributed by atoms with Gasteiger partial charge < -0.3 is 4.74 Å². The van der Waals surface area contributed by atoms with Crippen molar-refractivity contribution in [3.05, 3.63) is 82.7 Å². The van der Waals surface area contributed by atoms with Gasteiger partial charge in [-0.3, -0.25) is 19.8 Å². The molecule has 1 heterocycles. The fourth-order valence-electron chi connectivity index (χ4n) is 2.67. The largest absolute Gasteiger partial charge is 0.494 e. The molecule has 1 aromatic heterocycles. The van der Waals surface area contributed by atoms with Crippen LogP contribution >= 0.6 is 11.9 Å². The number of rotatable bonds is 7. The Labute approximate surface area is 161 Å². The van der Waals surface area contributed by atoms with Crippen molar-refractivity contribution in [1.29, 1.82) is 0 Å². The average molecular weight is 381 g/mol. The minimum atomic E-state index is -0.370. The number of aromatic nitrogens is 1. The molecule has 0 bridgehead atoms. The lowest BCUT2D eigenvalue weighted by molar-refractivity contribution is -0.387. The summed E-state index contributed by atoms with van der Waals surface area (Å²) in [6.45, 7) is 2.02. The van der Waals surface area contributed by atoms with Gasteiger partial charge >= 0.3 is 0 Å². The molecule has 0 aliphatic carbocycles. The van der Waals surface area contributed by atoms with Gasteiger partial charge in [-0.2, -0.15) is 0 Å². The number of hydrogen-bond donors (Lipinski definition) is 1. The zero-order chi connectivity index (χ0) is 19.2. The number of para-hydroxylation sites is 1. The second kappa shape index (κ2) is 8.66. The lowest BCUT2D eigenvalue weighted by atomic mass is 10.0. The van der Waals surface area contributed by atoms with E-state index < -0.39 is 0 Å². The third kappa shape index (κ3) is 4.45. The molecule has 1 N–H and O–H groups in total. The first-order valence-electron chi connectivity index (χ1n) is 8.34. The highest BCUT2D eigenvalue weighted by Gasteiger charge is 2.15. The van der Waals surface area contributed by atoms with E-state index in [-0.39, 0.29) is 16.7 Å². The van der Waals surface area contributed by atoms with Gasteiger partial charge in [-0.05, 0) is 48.2 Å². The van der Waals surface area contributed by atoms with Gasteiger partial charge in [-0.15, -0.1) is 0 Å². The van der Waals surface area contributed by atoms with Gasteiger partial charge in [-0.25, -0.2) is 0 Å². The van der Waals surface area contributed by atoms with Gasteiger partial charge in [-0.1, -0.05) is 30.3 Å². The zero-order valence-electron chi connectivity index (χ0n) is 15.0. The summed E-state index contributed by atoms with van der Waals surface area (Å²) in [6, 6.07) is 16.7. The summed E-state index contributed by atoms with van der Waals surface area (Å²) in [5.41, 5.74) is 3.15. The van der Waals surface area contributed by atoms with Crippen LogP contribution in [0, 0.1) is 10.1 Å². The molecular weight excluding hydrogens is 362 g/mol.